The normalized spacial score (nSPS) is 13.6. The van der Waals surface area contributed by atoms with Gasteiger partial charge in [0.05, 0.1) is 17.5 Å². The van der Waals surface area contributed by atoms with Gasteiger partial charge in [0.15, 0.2) is 10.8 Å². The molecule has 2 atom stereocenters. The quantitative estimate of drug-likeness (QED) is 0.281. The van der Waals surface area contributed by atoms with Gasteiger partial charge in [-0.15, -0.1) is 0 Å². The van der Waals surface area contributed by atoms with E-state index in [4.69, 9.17) is 16.6 Å². The number of aromatic nitrogens is 1. The van der Waals surface area contributed by atoms with E-state index in [9.17, 15) is 27.6 Å². The van der Waals surface area contributed by atoms with Gasteiger partial charge in [-0.25, -0.2) is 9.78 Å². The van der Waals surface area contributed by atoms with Crippen molar-refractivity contribution in [2.45, 2.75) is 51.6 Å². The summed E-state index contributed by atoms with van der Waals surface area (Å²) in [5.41, 5.74) is 9.43. The Morgan fingerprint density at radius 3 is 2.33 bits per heavy atom. The van der Waals surface area contributed by atoms with Crippen molar-refractivity contribution in [1.29, 1.82) is 0 Å². The second kappa shape index (κ2) is 11.1. The molecule has 170 valence electrons. The number of nitrogens with zero attached hydrogens (tertiary/aromatic N) is 1. The zero-order chi connectivity index (χ0) is 23.1. The summed E-state index contributed by atoms with van der Waals surface area (Å²) in [5, 5.41) is 15.7. The topological polar surface area (TPSA) is 172 Å². The molecule has 14 heteroatoms. The van der Waals surface area contributed by atoms with Crippen molar-refractivity contribution in [3.8, 4) is 0 Å². The van der Waals surface area contributed by atoms with Crippen LogP contribution in [0, 0.1) is 5.92 Å². The predicted octanol–water partition coefficient (Wildman–Crippen LogP) is 0.509. The Kier molecular flexibility index (Phi) is 9.45. The van der Waals surface area contributed by atoms with Crippen LogP contribution in [0.1, 0.15) is 37.3 Å². The third kappa shape index (κ3) is 7.76. The van der Waals surface area contributed by atoms with Crippen molar-refractivity contribution in [3.63, 3.8) is 0 Å². The van der Waals surface area contributed by atoms with E-state index in [1.807, 2.05) is 0 Å². The van der Waals surface area contributed by atoms with E-state index in [1.165, 1.54) is 0 Å². The highest BCUT2D eigenvalue weighted by atomic mass is 32.1. The van der Waals surface area contributed by atoms with Crippen molar-refractivity contribution >= 4 is 34.3 Å². The summed E-state index contributed by atoms with van der Waals surface area (Å²) >= 11 is 0.470. The molecule has 30 heavy (non-hydrogen) atoms. The first-order chi connectivity index (χ1) is 13.9. The Labute approximate surface area is 174 Å². The number of thiazole rings is 1. The number of urea groups is 1. The number of amides is 4. The summed E-state index contributed by atoms with van der Waals surface area (Å²) in [6.45, 7) is 2.64. The molecule has 8 N–H and O–H groups in total. The molecule has 1 aromatic rings. The SMILES string of the molecule is CC(C)[C@@H](N)C(=O)N[C@H](CCCNC(N)=O)C(=O)Nc1nc(C(F)(F)F)c(CO)s1. The molecule has 0 aromatic carbocycles. The van der Waals surface area contributed by atoms with Crippen LogP contribution in [0.3, 0.4) is 0 Å². The number of nitrogens with two attached hydrogens (primary N) is 2. The Morgan fingerprint density at radius 2 is 1.87 bits per heavy atom. The standard InChI is InChI=1S/C16H25F3N6O4S/c1-7(2)10(20)13(28)23-8(4-3-5-22-14(21)29)12(27)25-15-24-11(16(17,18)19)9(6-26)30-15/h7-8,10,26H,3-6,20H2,1-2H3,(H,23,28)(H3,21,22,29)(H,24,25,27)/t8-,10-/m1/s1. The fourth-order valence-corrected chi connectivity index (χ4v) is 3.13. The van der Waals surface area contributed by atoms with Crippen molar-refractivity contribution in [3.05, 3.63) is 10.6 Å². The molecule has 0 saturated carbocycles. The molecule has 1 rings (SSSR count). The van der Waals surface area contributed by atoms with E-state index in [0.717, 1.165) is 0 Å². The minimum atomic E-state index is -4.80. The number of alkyl halides is 3. The Morgan fingerprint density at radius 1 is 1.23 bits per heavy atom. The second-order valence-electron chi connectivity index (χ2n) is 6.70. The van der Waals surface area contributed by atoms with Gasteiger partial charge in [-0.3, -0.25) is 9.59 Å². The number of aliphatic hydroxyl groups excluding tert-OH is 1. The largest absolute Gasteiger partial charge is 0.434 e. The molecule has 10 nitrogen and oxygen atoms in total. The zero-order valence-electron chi connectivity index (χ0n) is 16.4. The van der Waals surface area contributed by atoms with E-state index in [1.54, 1.807) is 13.8 Å². The molecule has 0 aliphatic rings. The third-order valence-corrected chi connectivity index (χ3v) is 4.92. The number of primary amides is 1. The lowest BCUT2D eigenvalue weighted by molar-refractivity contribution is -0.141. The van der Waals surface area contributed by atoms with E-state index in [2.05, 4.69) is 20.9 Å². The van der Waals surface area contributed by atoms with Crippen LogP contribution in [0.5, 0.6) is 0 Å². The van der Waals surface area contributed by atoms with Crippen LogP contribution in [0.4, 0.5) is 23.1 Å². The van der Waals surface area contributed by atoms with Gasteiger partial charge in [0, 0.05) is 6.54 Å². The van der Waals surface area contributed by atoms with E-state index >= 15 is 0 Å². The number of rotatable bonds is 10. The van der Waals surface area contributed by atoms with Gasteiger partial charge in [-0.1, -0.05) is 25.2 Å². The molecule has 1 heterocycles. The second-order valence-corrected chi connectivity index (χ2v) is 7.78. The Bertz CT molecular complexity index is 756. The minimum Gasteiger partial charge on any atom is -0.391 e. The number of halogens is 3. The molecule has 0 fully saturated rings. The summed E-state index contributed by atoms with van der Waals surface area (Å²) in [6.07, 6.45) is -4.51. The van der Waals surface area contributed by atoms with Gasteiger partial charge in [0.25, 0.3) is 0 Å². The summed E-state index contributed by atoms with van der Waals surface area (Å²) in [5.74, 6) is -1.64. The molecule has 0 saturated heterocycles. The summed E-state index contributed by atoms with van der Waals surface area (Å²) < 4.78 is 38.9. The van der Waals surface area contributed by atoms with Crippen molar-refractivity contribution < 1.29 is 32.7 Å². The number of carbonyl (C=O) groups excluding carboxylic acids is 3. The highest BCUT2D eigenvalue weighted by molar-refractivity contribution is 7.15. The predicted molar refractivity (Wildman–Crippen MR) is 103 cm³/mol. The third-order valence-electron chi connectivity index (χ3n) is 3.96. The lowest BCUT2D eigenvalue weighted by Gasteiger charge is -2.21. The Balaban J connectivity index is 2.94. The van der Waals surface area contributed by atoms with Crippen LogP contribution in [0.15, 0.2) is 0 Å². The van der Waals surface area contributed by atoms with Crippen LogP contribution in [-0.2, 0) is 22.4 Å². The van der Waals surface area contributed by atoms with Gasteiger partial charge >= 0.3 is 12.2 Å². The van der Waals surface area contributed by atoms with Gasteiger partial charge in [-0.2, -0.15) is 13.2 Å². The molecular formula is C16H25F3N6O4S. The van der Waals surface area contributed by atoms with Gasteiger partial charge in [0.1, 0.15) is 6.04 Å². The monoisotopic (exact) mass is 454 g/mol. The lowest BCUT2D eigenvalue weighted by Crippen LogP contribution is -2.51. The molecule has 0 aliphatic heterocycles. The summed E-state index contributed by atoms with van der Waals surface area (Å²) in [6, 6.07) is -2.81. The van der Waals surface area contributed by atoms with E-state index in [0.29, 0.717) is 11.3 Å². The van der Waals surface area contributed by atoms with Crippen LogP contribution in [0.25, 0.3) is 0 Å². The number of nitrogens with one attached hydrogen (secondary N) is 3. The fourth-order valence-electron chi connectivity index (χ4n) is 2.28. The first-order valence-electron chi connectivity index (χ1n) is 8.94. The molecule has 0 unspecified atom stereocenters. The summed E-state index contributed by atoms with van der Waals surface area (Å²) in [4.78, 5) is 38.4. The molecule has 0 aliphatic carbocycles. The number of hydrogen-bond acceptors (Lipinski definition) is 7. The molecule has 4 amide bonds. The van der Waals surface area contributed by atoms with E-state index in [-0.39, 0.29) is 30.4 Å². The Hall–Kier alpha value is -2.45. The van der Waals surface area contributed by atoms with Crippen LogP contribution in [-0.4, -0.2) is 46.6 Å². The average molecular weight is 454 g/mol. The maximum Gasteiger partial charge on any atom is 0.434 e. The van der Waals surface area contributed by atoms with Crippen molar-refractivity contribution in [2.75, 3.05) is 11.9 Å². The highest BCUT2D eigenvalue weighted by Crippen LogP contribution is 2.36. The molecule has 0 spiro atoms. The van der Waals surface area contributed by atoms with Crippen LogP contribution >= 0.6 is 11.3 Å². The van der Waals surface area contributed by atoms with Crippen LogP contribution in [0.2, 0.25) is 0 Å². The van der Waals surface area contributed by atoms with Gasteiger partial charge in [-0.05, 0) is 18.8 Å². The maximum absolute atomic E-state index is 13.0. The molecular weight excluding hydrogens is 429 g/mol. The van der Waals surface area contributed by atoms with E-state index < -0.39 is 53.3 Å². The molecule has 0 radical (unpaired) electrons. The maximum atomic E-state index is 13.0. The van der Waals surface area contributed by atoms with Crippen molar-refractivity contribution in [2.24, 2.45) is 17.4 Å². The zero-order valence-corrected chi connectivity index (χ0v) is 17.2. The number of hydrogen-bond donors (Lipinski definition) is 6. The molecule has 0 bridgehead atoms. The first kappa shape index (κ1) is 25.6. The first-order valence-corrected chi connectivity index (χ1v) is 9.76. The molecule has 1 aromatic heterocycles. The van der Waals surface area contributed by atoms with Crippen LogP contribution < -0.4 is 27.4 Å². The van der Waals surface area contributed by atoms with Crippen molar-refractivity contribution in [1.82, 2.24) is 15.6 Å². The smallest absolute Gasteiger partial charge is 0.391 e. The number of carbonyl (C=O) groups is 3. The lowest BCUT2D eigenvalue weighted by atomic mass is 10.0. The minimum absolute atomic E-state index is 0.0486. The van der Waals surface area contributed by atoms with Gasteiger partial charge < -0.3 is 32.5 Å². The highest BCUT2D eigenvalue weighted by Gasteiger charge is 2.37. The number of aliphatic hydroxyl groups is 1. The van der Waals surface area contributed by atoms with Gasteiger partial charge in [0.2, 0.25) is 11.8 Å². The average Bonchev–Trinajstić information content (AvgIpc) is 3.06. The summed E-state index contributed by atoms with van der Waals surface area (Å²) in [7, 11) is 0. The fraction of sp³-hybridized carbons (Fsp3) is 0.625. The number of anilines is 1.